The quantitative estimate of drug-likeness (QED) is 0.617. The first-order valence-corrected chi connectivity index (χ1v) is 6.43. The second kappa shape index (κ2) is 6.14. The zero-order valence-corrected chi connectivity index (χ0v) is 11.5. The van der Waals surface area contributed by atoms with Crippen molar-refractivity contribution in [2.45, 2.75) is 26.9 Å². The molecule has 5 nitrogen and oxygen atoms in total. The number of nitro groups is 1. The summed E-state index contributed by atoms with van der Waals surface area (Å²) in [6.45, 7) is 3.99. The van der Waals surface area contributed by atoms with Gasteiger partial charge in [0.25, 0.3) is 5.69 Å². The van der Waals surface area contributed by atoms with Crippen LogP contribution in [0.25, 0.3) is 0 Å². The number of rotatable bonds is 5. The Hall–Kier alpha value is -2.43. The lowest BCUT2D eigenvalue weighted by Crippen LogP contribution is -2.05. The van der Waals surface area contributed by atoms with E-state index in [1.54, 1.807) is 18.3 Å². The summed E-state index contributed by atoms with van der Waals surface area (Å²) in [4.78, 5) is 14.9. The van der Waals surface area contributed by atoms with Crippen LogP contribution < -0.4 is 4.74 Å². The SMILES string of the molecule is CCc1cccc([N+](=O)[O-])c1COc1cccnc1C. The van der Waals surface area contributed by atoms with Crippen molar-refractivity contribution in [2.75, 3.05) is 0 Å². The molecule has 20 heavy (non-hydrogen) atoms. The average molecular weight is 272 g/mol. The summed E-state index contributed by atoms with van der Waals surface area (Å²) < 4.78 is 5.69. The fourth-order valence-electron chi connectivity index (χ4n) is 2.06. The van der Waals surface area contributed by atoms with Gasteiger partial charge in [-0.1, -0.05) is 19.1 Å². The molecule has 0 atom stereocenters. The normalized spacial score (nSPS) is 10.3. The van der Waals surface area contributed by atoms with Gasteiger partial charge in [-0.25, -0.2) is 0 Å². The Morgan fingerprint density at radius 2 is 2.10 bits per heavy atom. The smallest absolute Gasteiger partial charge is 0.276 e. The maximum atomic E-state index is 11.1. The monoisotopic (exact) mass is 272 g/mol. The summed E-state index contributed by atoms with van der Waals surface area (Å²) in [6.07, 6.45) is 2.41. The maximum Gasteiger partial charge on any atom is 0.276 e. The molecule has 1 aromatic carbocycles. The standard InChI is InChI=1S/C15H16N2O3/c1-3-12-6-4-7-14(17(18)19)13(12)10-20-15-8-5-9-16-11(15)2/h4-9H,3,10H2,1-2H3. The molecule has 2 aromatic rings. The van der Waals surface area contributed by atoms with Crippen molar-refractivity contribution in [3.63, 3.8) is 0 Å². The zero-order chi connectivity index (χ0) is 14.5. The van der Waals surface area contributed by atoms with Crippen LogP contribution in [0.15, 0.2) is 36.5 Å². The molecule has 2 rings (SSSR count). The van der Waals surface area contributed by atoms with Crippen LogP contribution in [-0.2, 0) is 13.0 Å². The van der Waals surface area contributed by atoms with Crippen LogP contribution in [0.5, 0.6) is 5.75 Å². The first kappa shape index (κ1) is 14.0. The highest BCUT2D eigenvalue weighted by Crippen LogP contribution is 2.25. The summed E-state index contributed by atoms with van der Waals surface area (Å²) in [7, 11) is 0. The number of benzene rings is 1. The Morgan fingerprint density at radius 3 is 2.75 bits per heavy atom. The maximum absolute atomic E-state index is 11.1. The van der Waals surface area contributed by atoms with E-state index in [2.05, 4.69) is 4.98 Å². The molecule has 0 fully saturated rings. The Bertz CT molecular complexity index is 626. The third-order valence-electron chi connectivity index (χ3n) is 3.16. The lowest BCUT2D eigenvalue weighted by Gasteiger charge is -2.11. The number of aromatic nitrogens is 1. The summed E-state index contributed by atoms with van der Waals surface area (Å²) >= 11 is 0. The molecule has 0 aliphatic heterocycles. The third kappa shape index (κ3) is 2.93. The molecular weight excluding hydrogens is 256 g/mol. The second-order valence-electron chi connectivity index (χ2n) is 4.40. The van der Waals surface area contributed by atoms with Gasteiger partial charge in [0, 0.05) is 12.3 Å². The van der Waals surface area contributed by atoms with E-state index < -0.39 is 0 Å². The predicted octanol–water partition coefficient (Wildman–Crippen LogP) is 3.44. The highest BCUT2D eigenvalue weighted by Gasteiger charge is 2.17. The Kier molecular flexibility index (Phi) is 4.30. The topological polar surface area (TPSA) is 65.3 Å². The molecule has 0 saturated carbocycles. The molecule has 1 heterocycles. The molecule has 0 unspecified atom stereocenters. The molecule has 0 bridgehead atoms. The van der Waals surface area contributed by atoms with Crippen LogP contribution in [-0.4, -0.2) is 9.91 Å². The lowest BCUT2D eigenvalue weighted by atomic mass is 10.0. The minimum absolute atomic E-state index is 0.103. The molecule has 0 amide bonds. The van der Waals surface area contributed by atoms with E-state index in [0.29, 0.717) is 11.3 Å². The van der Waals surface area contributed by atoms with Gasteiger partial charge in [-0.05, 0) is 31.0 Å². The number of ether oxygens (including phenoxy) is 1. The van der Waals surface area contributed by atoms with E-state index in [9.17, 15) is 10.1 Å². The fraction of sp³-hybridized carbons (Fsp3) is 0.267. The van der Waals surface area contributed by atoms with Crippen LogP contribution in [0.3, 0.4) is 0 Å². The molecule has 0 spiro atoms. The van der Waals surface area contributed by atoms with Crippen molar-refractivity contribution in [1.82, 2.24) is 4.98 Å². The van der Waals surface area contributed by atoms with Crippen molar-refractivity contribution >= 4 is 5.69 Å². The Balaban J connectivity index is 2.29. The molecule has 5 heteroatoms. The lowest BCUT2D eigenvalue weighted by molar-refractivity contribution is -0.385. The van der Waals surface area contributed by atoms with E-state index in [4.69, 9.17) is 4.74 Å². The predicted molar refractivity (Wildman–Crippen MR) is 75.8 cm³/mol. The van der Waals surface area contributed by atoms with Crippen LogP contribution >= 0.6 is 0 Å². The van der Waals surface area contributed by atoms with E-state index in [-0.39, 0.29) is 17.2 Å². The number of nitrogens with zero attached hydrogens (tertiary/aromatic N) is 2. The number of nitro benzene ring substituents is 1. The fourth-order valence-corrected chi connectivity index (χ4v) is 2.06. The van der Waals surface area contributed by atoms with Gasteiger partial charge in [0.2, 0.25) is 0 Å². The minimum atomic E-state index is -0.367. The van der Waals surface area contributed by atoms with Gasteiger partial charge in [-0.3, -0.25) is 15.1 Å². The van der Waals surface area contributed by atoms with E-state index in [1.165, 1.54) is 6.07 Å². The minimum Gasteiger partial charge on any atom is -0.487 e. The number of pyridine rings is 1. The van der Waals surface area contributed by atoms with Gasteiger partial charge >= 0.3 is 0 Å². The van der Waals surface area contributed by atoms with Crippen LogP contribution in [0.4, 0.5) is 5.69 Å². The van der Waals surface area contributed by atoms with Gasteiger partial charge in [0.1, 0.15) is 12.4 Å². The largest absolute Gasteiger partial charge is 0.487 e. The second-order valence-corrected chi connectivity index (χ2v) is 4.40. The highest BCUT2D eigenvalue weighted by molar-refractivity contribution is 5.45. The van der Waals surface area contributed by atoms with E-state index in [1.807, 2.05) is 26.0 Å². The number of aryl methyl sites for hydroxylation is 2. The summed E-state index contributed by atoms with van der Waals surface area (Å²) in [5, 5.41) is 11.1. The van der Waals surface area contributed by atoms with Gasteiger partial charge in [-0.2, -0.15) is 0 Å². The molecule has 0 saturated heterocycles. The number of hydrogen-bond acceptors (Lipinski definition) is 4. The third-order valence-corrected chi connectivity index (χ3v) is 3.16. The summed E-state index contributed by atoms with van der Waals surface area (Å²) in [5.41, 5.74) is 2.43. The van der Waals surface area contributed by atoms with Gasteiger partial charge in [-0.15, -0.1) is 0 Å². The van der Waals surface area contributed by atoms with Crippen molar-refractivity contribution in [3.05, 3.63) is 63.5 Å². The van der Waals surface area contributed by atoms with Crippen molar-refractivity contribution < 1.29 is 9.66 Å². The molecule has 0 N–H and O–H groups in total. The molecule has 104 valence electrons. The van der Waals surface area contributed by atoms with Crippen LogP contribution in [0.2, 0.25) is 0 Å². The molecule has 0 aliphatic rings. The number of hydrogen-bond donors (Lipinski definition) is 0. The zero-order valence-electron chi connectivity index (χ0n) is 11.5. The molecule has 0 aliphatic carbocycles. The van der Waals surface area contributed by atoms with Crippen LogP contribution in [0, 0.1) is 17.0 Å². The van der Waals surface area contributed by atoms with Gasteiger partial charge in [0.15, 0.2) is 0 Å². The van der Waals surface area contributed by atoms with Crippen LogP contribution in [0.1, 0.15) is 23.7 Å². The van der Waals surface area contributed by atoms with Crippen molar-refractivity contribution in [1.29, 1.82) is 0 Å². The van der Waals surface area contributed by atoms with Crippen molar-refractivity contribution in [2.24, 2.45) is 0 Å². The highest BCUT2D eigenvalue weighted by atomic mass is 16.6. The van der Waals surface area contributed by atoms with Gasteiger partial charge in [0.05, 0.1) is 16.2 Å². The summed E-state index contributed by atoms with van der Waals surface area (Å²) in [6, 6.07) is 8.69. The first-order valence-electron chi connectivity index (χ1n) is 6.43. The first-order chi connectivity index (χ1) is 9.63. The average Bonchev–Trinajstić information content (AvgIpc) is 2.46. The molecular formula is C15H16N2O3. The van der Waals surface area contributed by atoms with E-state index in [0.717, 1.165) is 17.7 Å². The Labute approximate surface area is 117 Å². The molecule has 0 radical (unpaired) electrons. The van der Waals surface area contributed by atoms with Crippen molar-refractivity contribution in [3.8, 4) is 5.75 Å². The van der Waals surface area contributed by atoms with E-state index >= 15 is 0 Å². The molecule has 1 aromatic heterocycles. The summed E-state index contributed by atoms with van der Waals surface area (Å²) in [5.74, 6) is 0.646. The Morgan fingerprint density at radius 1 is 1.30 bits per heavy atom. The van der Waals surface area contributed by atoms with Gasteiger partial charge < -0.3 is 4.74 Å².